The third-order valence-corrected chi connectivity index (χ3v) is 4.76. The van der Waals surface area contributed by atoms with E-state index < -0.39 is 73.9 Å². The molecule has 2 saturated heterocycles. The smallest absolute Gasteiger partial charge is 0.187 e. The van der Waals surface area contributed by atoms with E-state index in [0.29, 0.717) is 0 Å². The predicted octanol–water partition coefficient (Wildman–Crippen LogP) is -3.28. The largest absolute Gasteiger partial charge is 0.394 e. The summed E-state index contributed by atoms with van der Waals surface area (Å²) in [5.41, 5.74) is -1.13. The van der Waals surface area contributed by atoms with Crippen molar-refractivity contribution in [3.63, 3.8) is 0 Å². The normalized spacial score (nSPS) is 47.6. The zero-order valence-electron chi connectivity index (χ0n) is 14.4. The number of methoxy groups -OCH3 is 1. The first-order chi connectivity index (χ1) is 11.7. The van der Waals surface area contributed by atoms with E-state index in [4.69, 9.17) is 18.9 Å². The van der Waals surface area contributed by atoms with Crippen LogP contribution in [0.3, 0.4) is 0 Å². The Balaban J connectivity index is 2.20. The highest BCUT2D eigenvalue weighted by atomic mass is 16.7. The van der Waals surface area contributed by atoms with Crippen LogP contribution in [0.5, 0.6) is 0 Å². The molecule has 6 N–H and O–H groups in total. The number of aliphatic hydroxyl groups excluding tert-OH is 6. The van der Waals surface area contributed by atoms with E-state index in [2.05, 4.69) is 0 Å². The highest BCUT2D eigenvalue weighted by Gasteiger charge is 2.53. The number of hydrogen-bond acceptors (Lipinski definition) is 10. The van der Waals surface area contributed by atoms with Gasteiger partial charge in [-0.2, -0.15) is 0 Å². The van der Waals surface area contributed by atoms with Gasteiger partial charge in [0.15, 0.2) is 6.29 Å². The van der Waals surface area contributed by atoms with Crippen molar-refractivity contribution in [1.29, 1.82) is 0 Å². The summed E-state index contributed by atoms with van der Waals surface area (Å²) in [5.74, 6) is 0. The summed E-state index contributed by atoms with van der Waals surface area (Å²) < 4.78 is 21.4. The molecule has 2 fully saturated rings. The van der Waals surface area contributed by atoms with Crippen LogP contribution >= 0.6 is 0 Å². The van der Waals surface area contributed by atoms with Gasteiger partial charge < -0.3 is 49.6 Å². The van der Waals surface area contributed by atoms with Crippen LogP contribution in [0.1, 0.15) is 13.8 Å². The summed E-state index contributed by atoms with van der Waals surface area (Å²) in [6.45, 7) is 2.10. The first-order valence-electron chi connectivity index (χ1n) is 8.13. The topological polar surface area (TPSA) is 158 Å². The number of hydrogen-bond donors (Lipinski definition) is 6. The molecule has 10 nitrogen and oxygen atoms in total. The Morgan fingerprint density at radius 2 is 1.44 bits per heavy atom. The van der Waals surface area contributed by atoms with Crippen LogP contribution in [0.2, 0.25) is 0 Å². The van der Waals surface area contributed by atoms with Crippen LogP contribution in [0.15, 0.2) is 0 Å². The van der Waals surface area contributed by atoms with Crippen molar-refractivity contribution in [2.75, 3.05) is 20.3 Å². The van der Waals surface area contributed by atoms with Gasteiger partial charge in [0.2, 0.25) is 0 Å². The van der Waals surface area contributed by atoms with E-state index in [1.165, 1.54) is 7.11 Å². The average Bonchev–Trinajstić information content (AvgIpc) is 2.57. The summed E-state index contributed by atoms with van der Waals surface area (Å²) in [4.78, 5) is 0. The SMILES string of the molecule is COC1C(O)[C@H](OC2C(O)C(C)(C)OC(CO)[C@H]2O)OC(CO)[C@H]1O. The Hall–Kier alpha value is -0.400. The van der Waals surface area contributed by atoms with Gasteiger partial charge in [-0.25, -0.2) is 0 Å². The average molecular weight is 368 g/mol. The molecule has 148 valence electrons. The second-order valence-corrected chi connectivity index (χ2v) is 6.89. The Bertz CT molecular complexity index is 433. The van der Waals surface area contributed by atoms with Crippen LogP contribution < -0.4 is 0 Å². The standard InChI is InChI=1S/C15H28O10/c1-15(2)13(21)12(9(19)7(5-17)25-15)24-14-10(20)11(22-3)8(18)6(4-16)23-14/h6-14,16-21H,4-5H2,1-3H3/t6?,7?,8-,9-,10?,11?,12?,13?,14+/m1/s1. The van der Waals surface area contributed by atoms with Crippen molar-refractivity contribution < 1.29 is 49.6 Å². The molecule has 6 unspecified atom stereocenters. The second-order valence-electron chi connectivity index (χ2n) is 6.89. The molecule has 0 spiro atoms. The summed E-state index contributed by atoms with van der Waals surface area (Å²) in [6, 6.07) is 0. The van der Waals surface area contributed by atoms with Gasteiger partial charge in [0, 0.05) is 7.11 Å². The Kier molecular flexibility index (Phi) is 6.77. The van der Waals surface area contributed by atoms with Crippen molar-refractivity contribution in [1.82, 2.24) is 0 Å². The van der Waals surface area contributed by atoms with Gasteiger partial charge in [-0.1, -0.05) is 0 Å². The summed E-state index contributed by atoms with van der Waals surface area (Å²) in [7, 11) is 1.27. The Labute approximate surface area is 145 Å². The van der Waals surface area contributed by atoms with Crippen molar-refractivity contribution in [2.24, 2.45) is 0 Å². The van der Waals surface area contributed by atoms with Crippen LogP contribution in [-0.2, 0) is 18.9 Å². The molecule has 9 atom stereocenters. The van der Waals surface area contributed by atoms with Crippen molar-refractivity contribution >= 4 is 0 Å². The minimum Gasteiger partial charge on any atom is -0.394 e. The van der Waals surface area contributed by atoms with E-state index in [0.717, 1.165) is 0 Å². The first-order valence-corrected chi connectivity index (χ1v) is 8.13. The molecular weight excluding hydrogens is 340 g/mol. The zero-order chi connectivity index (χ0) is 18.9. The van der Waals surface area contributed by atoms with Gasteiger partial charge in [-0.3, -0.25) is 0 Å². The molecule has 0 radical (unpaired) electrons. The number of aliphatic hydroxyl groups is 6. The first kappa shape index (κ1) is 20.9. The number of ether oxygens (including phenoxy) is 4. The van der Waals surface area contributed by atoms with Crippen molar-refractivity contribution in [3.05, 3.63) is 0 Å². The molecule has 10 heteroatoms. The van der Waals surface area contributed by atoms with E-state index in [1.54, 1.807) is 13.8 Å². The van der Waals surface area contributed by atoms with Crippen molar-refractivity contribution in [3.8, 4) is 0 Å². The molecule has 0 saturated carbocycles. The molecule has 0 aliphatic carbocycles. The molecule has 0 aromatic heterocycles. The highest BCUT2D eigenvalue weighted by molar-refractivity contribution is 4.99. The van der Waals surface area contributed by atoms with E-state index >= 15 is 0 Å². The maximum atomic E-state index is 10.4. The zero-order valence-corrected chi connectivity index (χ0v) is 14.4. The summed E-state index contributed by atoms with van der Waals surface area (Å²) >= 11 is 0. The predicted molar refractivity (Wildman–Crippen MR) is 81.5 cm³/mol. The van der Waals surface area contributed by atoms with E-state index in [-0.39, 0.29) is 0 Å². The lowest BCUT2D eigenvalue weighted by Gasteiger charge is -2.49. The summed E-state index contributed by atoms with van der Waals surface area (Å²) in [5, 5.41) is 59.8. The fraction of sp³-hybridized carbons (Fsp3) is 1.00. The maximum Gasteiger partial charge on any atom is 0.187 e. The molecule has 2 aliphatic rings. The molecule has 2 rings (SSSR count). The lowest BCUT2D eigenvalue weighted by Crippen LogP contribution is -2.66. The fourth-order valence-corrected chi connectivity index (χ4v) is 3.22. The Morgan fingerprint density at radius 1 is 0.880 bits per heavy atom. The third-order valence-electron chi connectivity index (χ3n) is 4.76. The fourth-order valence-electron chi connectivity index (χ4n) is 3.22. The van der Waals surface area contributed by atoms with Crippen LogP contribution in [0, 0.1) is 0 Å². The lowest BCUT2D eigenvalue weighted by atomic mass is 9.87. The summed E-state index contributed by atoms with van der Waals surface area (Å²) in [6.07, 6.45) is -11.2. The van der Waals surface area contributed by atoms with E-state index in [1.807, 2.05) is 0 Å². The van der Waals surface area contributed by atoms with Gasteiger partial charge in [0.1, 0.15) is 48.8 Å². The lowest BCUT2D eigenvalue weighted by molar-refractivity contribution is -0.351. The molecule has 2 aliphatic heterocycles. The van der Waals surface area contributed by atoms with Crippen LogP contribution in [0.25, 0.3) is 0 Å². The molecule has 0 aromatic carbocycles. The highest BCUT2D eigenvalue weighted by Crippen LogP contribution is 2.33. The van der Waals surface area contributed by atoms with Gasteiger partial charge in [-0.15, -0.1) is 0 Å². The van der Waals surface area contributed by atoms with Gasteiger partial charge in [-0.05, 0) is 13.8 Å². The molecule has 25 heavy (non-hydrogen) atoms. The molecular formula is C15H28O10. The maximum absolute atomic E-state index is 10.4. The molecule has 0 amide bonds. The quantitative estimate of drug-likeness (QED) is 0.290. The molecule has 2 heterocycles. The Morgan fingerprint density at radius 3 is 1.96 bits per heavy atom. The molecule has 0 aromatic rings. The second kappa shape index (κ2) is 8.09. The third kappa shape index (κ3) is 3.98. The van der Waals surface area contributed by atoms with Gasteiger partial charge in [0.25, 0.3) is 0 Å². The monoisotopic (exact) mass is 368 g/mol. The van der Waals surface area contributed by atoms with Crippen LogP contribution in [0.4, 0.5) is 0 Å². The van der Waals surface area contributed by atoms with E-state index in [9.17, 15) is 30.6 Å². The minimum absolute atomic E-state index is 0.496. The van der Waals surface area contributed by atoms with Gasteiger partial charge >= 0.3 is 0 Å². The van der Waals surface area contributed by atoms with Gasteiger partial charge in [0.05, 0.1) is 18.8 Å². The van der Waals surface area contributed by atoms with Crippen LogP contribution in [-0.4, -0.2) is 112 Å². The van der Waals surface area contributed by atoms with Crippen molar-refractivity contribution in [2.45, 2.75) is 74.6 Å². The minimum atomic E-state index is -1.43. The number of rotatable bonds is 5. The molecule has 0 bridgehead atoms.